The first kappa shape index (κ1) is 12.3. The van der Waals surface area contributed by atoms with E-state index < -0.39 is 4.92 Å². The van der Waals surface area contributed by atoms with Crippen LogP contribution < -0.4 is 10.1 Å². The van der Waals surface area contributed by atoms with Crippen molar-refractivity contribution in [2.75, 3.05) is 13.2 Å². The minimum absolute atomic E-state index is 0.00243. The Labute approximate surface area is 107 Å². The van der Waals surface area contributed by atoms with Crippen molar-refractivity contribution in [3.63, 3.8) is 0 Å². The molecule has 92 valence electrons. The van der Waals surface area contributed by atoms with Gasteiger partial charge in [0.05, 0.1) is 4.92 Å². The third-order valence-corrected chi connectivity index (χ3v) is 3.21. The number of nitrogens with zero attached hydrogens (tertiary/aromatic N) is 1. The van der Waals surface area contributed by atoms with E-state index in [4.69, 9.17) is 4.74 Å². The summed E-state index contributed by atoms with van der Waals surface area (Å²) in [5, 5.41) is 14.1. The molecular weight excluding hydrogens is 288 g/mol. The molecule has 17 heavy (non-hydrogen) atoms. The first-order chi connectivity index (χ1) is 8.16. The standard InChI is InChI=1S/C11H13BrN2O3/c12-8-3-4-11(10(6-8)14(15)16)17-7-9-2-1-5-13-9/h3-4,6,9,13H,1-2,5,7H2/t9-/m1/s1. The normalized spacial score (nSPS) is 19.2. The van der Waals surface area contributed by atoms with Crippen molar-refractivity contribution in [3.8, 4) is 5.75 Å². The number of benzene rings is 1. The molecule has 0 aliphatic carbocycles. The molecule has 6 heteroatoms. The molecule has 0 saturated carbocycles. The van der Waals surface area contributed by atoms with Crippen molar-refractivity contribution >= 4 is 21.6 Å². The predicted octanol–water partition coefficient (Wildman–Crippen LogP) is 2.49. The molecule has 0 aromatic heterocycles. The second-order valence-electron chi connectivity index (χ2n) is 3.97. The maximum absolute atomic E-state index is 10.9. The Hall–Kier alpha value is -1.14. The van der Waals surface area contributed by atoms with Crippen molar-refractivity contribution < 1.29 is 9.66 Å². The molecule has 0 spiro atoms. The lowest BCUT2D eigenvalue weighted by atomic mass is 10.2. The topological polar surface area (TPSA) is 64.4 Å². The van der Waals surface area contributed by atoms with Gasteiger partial charge in [0, 0.05) is 16.6 Å². The molecular formula is C11H13BrN2O3. The van der Waals surface area contributed by atoms with Crippen LogP contribution in [0.3, 0.4) is 0 Å². The summed E-state index contributed by atoms with van der Waals surface area (Å²) >= 11 is 3.21. The average Bonchev–Trinajstić information content (AvgIpc) is 2.80. The van der Waals surface area contributed by atoms with E-state index in [0.29, 0.717) is 22.9 Å². The molecule has 1 aliphatic heterocycles. The van der Waals surface area contributed by atoms with E-state index in [-0.39, 0.29) is 5.69 Å². The smallest absolute Gasteiger partial charge is 0.312 e. The summed E-state index contributed by atoms with van der Waals surface area (Å²) in [4.78, 5) is 10.4. The lowest BCUT2D eigenvalue weighted by Crippen LogP contribution is -2.28. The van der Waals surface area contributed by atoms with E-state index in [1.165, 1.54) is 6.07 Å². The Morgan fingerprint density at radius 3 is 3.06 bits per heavy atom. The highest BCUT2D eigenvalue weighted by molar-refractivity contribution is 9.10. The monoisotopic (exact) mass is 300 g/mol. The molecule has 2 rings (SSSR count). The fourth-order valence-electron chi connectivity index (χ4n) is 1.84. The van der Waals surface area contributed by atoms with Crippen LogP contribution in [0.2, 0.25) is 0 Å². The van der Waals surface area contributed by atoms with Gasteiger partial charge >= 0.3 is 5.69 Å². The highest BCUT2D eigenvalue weighted by atomic mass is 79.9. The fourth-order valence-corrected chi connectivity index (χ4v) is 2.19. The van der Waals surface area contributed by atoms with Crippen LogP contribution in [-0.4, -0.2) is 24.1 Å². The SMILES string of the molecule is O=[N+]([O-])c1cc(Br)ccc1OC[C@H]1CCCN1. The van der Waals surface area contributed by atoms with Gasteiger partial charge in [-0.25, -0.2) is 0 Å². The van der Waals surface area contributed by atoms with Crippen molar-refractivity contribution in [3.05, 3.63) is 32.8 Å². The quantitative estimate of drug-likeness (QED) is 0.685. The molecule has 0 amide bonds. The largest absolute Gasteiger partial charge is 0.485 e. The Kier molecular flexibility index (Phi) is 3.96. The highest BCUT2D eigenvalue weighted by Crippen LogP contribution is 2.30. The minimum Gasteiger partial charge on any atom is -0.485 e. The summed E-state index contributed by atoms with van der Waals surface area (Å²) < 4.78 is 6.19. The van der Waals surface area contributed by atoms with Gasteiger partial charge in [0.25, 0.3) is 0 Å². The molecule has 1 fully saturated rings. The first-order valence-electron chi connectivity index (χ1n) is 5.47. The number of hydrogen-bond acceptors (Lipinski definition) is 4. The van der Waals surface area contributed by atoms with E-state index in [9.17, 15) is 10.1 Å². The molecule has 1 saturated heterocycles. The maximum atomic E-state index is 10.9. The maximum Gasteiger partial charge on any atom is 0.312 e. The van der Waals surface area contributed by atoms with E-state index >= 15 is 0 Å². The number of hydrogen-bond donors (Lipinski definition) is 1. The van der Waals surface area contributed by atoms with Gasteiger partial charge in [-0.1, -0.05) is 15.9 Å². The van der Waals surface area contributed by atoms with Crippen molar-refractivity contribution in [1.82, 2.24) is 5.32 Å². The van der Waals surface area contributed by atoms with Crippen LogP contribution in [0.4, 0.5) is 5.69 Å². The van der Waals surface area contributed by atoms with Crippen LogP contribution in [-0.2, 0) is 0 Å². The van der Waals surface area contributed by atoms with Gasteiger partial charge in [-0.2, -0.15) is 0 Å². The van der Waals surface area contributed by atoms with Gasteiger partial charge in [-0.15, -0.1) is 0 Å². The Morgan fingerprint density at radius 2 is 2.41 bits per heavy atom. The Bertz CT molecular complexity index is 419. The zero-order valence-corrected chi connectivity index (χ0v) is 10.8. The summed E-state index contributed by atoms with van der Waals surface area (Å²) in [6.45, 7) is 1.47. The lowest BCUT2D eigenvalue weighted by Gasteiger charge is -2.12. The number of ether oxygens (including phenoxy) is 1. The lowest BCUT2D eigenvalue weighted by molar-refractivity contribution is -0.386. The molecule has 1 aromatic rings. The van der Waals surface area contributed by atoms with Crippen LogP contribution in [0.25, 0.3) is 0 Å². The molecule has 1 aromatic carbocycles. The summed E-state index contributed by atoms with van der Waals surface area (Å²) in [5.41, 5.74) is -0.00243. The zero-order valence-electron chi connectivity index (χ0n) is 9.19. The summed E-state index contributed by atoms with van der Waals surface area (Å²) in [7, 11) is 0. The first-order valence-corrected chi connectivity index (χ1v) is 6.26. The van der Waals surface area contributed by atoms with Crippen molar-refractivity contribution in [2.24, 2.45) is 0 Å². The number of rotatable bonds is 4. The van der Waals surface area contributed by atoms with Crippen molar-refractivity contribution in [2.45, 2.75) is 18.9 Å². The summed E-state index contributed by atoms with van der Waals surface area (Å²) in [6, 6.07) is 5.12. The van der Waals surface area contributed by atoms with Gasteiger partial charge in [-0.05, 0) is 31.5 Å². The van der Waals surface area contributed by atoms with Gasteiger partial charge in [0.15, 0.2) is 5.75 Å². The van der Waals surface area contributed by atoms with Gasteiger partial charge in [0.2, 0.25) is 0 Å². The molecule has 0 radical (unpaired) electrons. The second kappa shape index (κ2) is 5.46. The number of nitro benzene ring substituents is 1. The zero-order chi connectivity index (χ0) is 12.3. The van der Waals surface area contributed by atoms with E-state index in [0.717, 1.165) is 19.4 Å². The Balaban J connectivity index is 2.06. The Morgan fingerprint density at radius 1 is 1.59 bits per heavy atom. The fraction of sp³-hybridized carbons (Fsp3) is 0.455. The summed E-state index contributed by atoms with van der Waals surface area (Å²) in [6.07, 6.45) is 2.20. The van der Waals surface area contributed by atoms with Crippen LogP contribution >= 0.6 is 15.9 Å². The van der Waals surface area contributed by atoms with Crippen molar-refractivity contribution in [1.29, 1.82) is 0 Å². The molecule has 0 bridgehead atoms. The number of halogens is 1. The van der Waals surface area contributed by atoms with Crippen LogP contribution in [0.5, 0.6) is 5.75 Å². The van der Waals surface area contributed by atoms with Gasteiger partial charge < -0.3 is 10.1 Å². The van der Waals surface area contributed by atoms with E-state index in [2.05, 4.69) is 21.2 Å². The van der Waals surface area contributed by atoms with Gasteiger partial charge in [-0.3, -0.25) is 10.1 Å². The van der Waals surface area contributed by atoms with Crippen LogP contribution in [0.1, 0.15) is 12.8 Å². The molecule has 5 nitrogen and oxygen atoms in total. The minimum atomic E-state index is -0.428. The molecule has 1 aliphatic rings. The van der Waals surface area contributed by atoms with E-state index in [1.54, 1.807) is 12.1 Å². The second-order valence-corrected chi connectivity index (χ2v) is 4.89. The molecule has 1 atom stereocenters. The van der Waals surface area contributed by atoms with Crippen LogP contribution in [0, 0.1) is 10.1 Å². The third-order valence-electron chi connectivity index (χ3n) is 2.72. The number of nitro groups is 1. The molecule has 1 N–H and O–H groups in total. The average molecular weight is 301 g/mol. The van der Waals surface area contributed by atoms with Crippen LogP contribution in [0.15, 0.2) is 22.7 Å². The molecule has 0 unspecified atom stereocenters. The summed E-state index contributed by atoms with van der Waals surface area (Å²) in [5.74, 6) is 0.326. The molecule has 1 heterocycles. The third kappa shape index (κ3) is 3.17. The van der Waals surface area contributed by atoms with Gasteiger partial charge in [0.1, 0.15) is 6.61 Å². The number of nitrogens with one attached hydrogen (secondary N) is 1. The van der Waals surface area contributed by atoms with E-state index in [1.807, 2.05) is 0 Å². The predicted molar refractivity (Wildman–Crippen MR) is 67.3 cm³/mol. The highest BCUT2D eigenvalue weighted by Gasteiger charge is 2.19.